The van der Waals surface area contributed by atoms with Crippen molar-refractivity contribution in [3.8, 4) is 27.9 Å². The van der Waals surface area contributed by atoms with Crippen molar-refractivity contribution in [3.63, 3.8) is 0 Å². The van der Waals surface area contributed by atoms with Gasteiger partial charge in [-0.3, -0.25) is 5.41 Å². The van der Waals surface area contributed by atoms with Gasteiger partial charge in [-0.25, -0.2) is 4.99 Å². The quantitative estimate of drug-likeness (QED) is 0.140. The first-order chi connectivity index (χ1) is 27.6. The Kier molecular flexibility index (Phi) is 9.02. The molecular formula is C51H39N5. The minimum Gasteiger partial charge on any atom is -0.383 e. The fourth-order valence-corrected chi connectivity index (χ4v) is 7.75. The van der Waals surface area contributed by atoms with E-state index < -0.39 is 0 Å². The summed E-state index contributed by atoms with van der Waals surface area (Å²) in [5.74, 6) is 0.422. The van der Waals surface area contributed by atoms with Crippen LogP contribution in [0.5, 0.6) is 0 Å². The van der Waals surface area contributed by atoms with Crippen LogP contribution in [0, 0.1) is 12.3 Å². The highest BCUT2D eigenvalue weighted by atomic mass is 15.2. The lowest BCUT2D eigenvalue weighted by Crippen LogP contribution is -2.16. The number of nitrogens with two attached hydrogens (primary N) is 1. The molecule has 5 nitrogen and oxygen atoms in total. The van der Waals surface area contributed by atoms with Gasteiger partial charge in [-0.1, -0.05) is 169 Å². The number of benzene rings is 8. The normalized spacial score (nSPS) is 11.9. The maximum atomic E-state index is 8.96. The first-order valence-electron chi connectivity index (χ1n) is 18.8. The molecule has 0 bridgehead atoms. The number of fused-ring (bicyclic) bond motifs is 9. The molecular weight excluding hydrogens is 683 g/mol. The van der Waals surface area contributed by atoms with E-state index in [0.29, 0.717) is 11.4 Å². The highest BCUT2D eigenvalue weighted by molar-refractivity contribution is 6.19. The van der Waals surface area contributed by atoms with Crippen molar-refractivity contribution >= 4 is 50.5 Å². The monoisotopic (exact) mass is 721 g/mol. The van der Waals surface area contributed by atoms with Crippen molar-refractivity contribution in [1.82, 2.24) is 4.57 Å². The SMILES string of the molecule is Cc1ccccc1.N=C(N=C(N)c1ccccc1)c1cccc(-n2c3ccccc3c3ccc4c(c32)N(c2ccccc2)c2ccccc2-c2ccccc2-4)c1. The summed E-state index contributed by atoms with van der Waals surface area (Å²) in [7, 11) is 0. The van der Waals surface area contributed by atoms with Gasteiger partial charge in [0.25, 0.3) is 0 Å². The Hall–Kier alpha value is -7.50. The number of hydrogen-bond donors (Lipinski definition) is 2. The predicted molar refractivity (Wildman–Crippen MR) is 235 cm³/mol. The number of anilines is 3. The van der Waals surface area contributed by atoms with Gasteiger partial charge in [0.2, 0.25) is 0 Å². The van der Waals surface area contributed by atoms with Crippen LogP contribution in [0.1, 0.15) is 16.7 Å². The number of aromatic nitrogens is 1. The van der Waals surface area contributed by atoms with Gasteiger partial charge in [-0.05, 0) is 54.4 Å². The number of nitrogens with one attached hydrogen (secondary N) is 1. The Morgan fingerprint density at radius 1 is 0.500 bits per heavy atom. The molecule has 1 aromatic heterocycles. The van der Waals surface area contributed by atoms with Crippen LogP contribution in [-0.4, -0.2) is 16.2 Å². The van der Waals surface area contributed by atoms with Gasteiger partial charge in [0.05, 0.1) is 22.4 Å². The molecule has 0 spiro atoms. The second kappa shape index (κ2) is 14.7. The van der Waals surface area contributed by atoms with Crippen LogP contribution in [0.25, 0.3) is 49.7 Å². The van der Waals surface area contributed by atoms with Gasteiger partial charge < -0.3 is 15.2 Å². The first kappa shape index (κ1) is 34.3. The third-order valence-corrected chi connectivity index (χ3v) is 10.3. The Balaban J connectivity index is 0.000000530. The van der Waals surface area contributed by atoms with Crippen molar-refractivity contribution < 1.29 is 0 Å². The molecule has 0 fully saturated rings. The van der Waals surface area contributed by atoms with Crippen LogP contribution in [0.4, 0.5) is 17.1 Å². The number of para-hydroxylation sites is 3. The summed E-state index contributed by atoms with van der Waals surface area (Å²) in [5, 5.41) is 11.3. The molecule has 3 N–H and O–H groups in total. The van der Waals surface area contributed by atoms with E-state index >= 15 is 0 Å². The first-order valence-corrected chi connectivity index (χ1v) is 18.8. The molecule has 10 rings (SSSR count). The zero-order chi connectivity index (χ0) is 38.0. The lowest BCUT2D eigenvalue weighted by Gasteiger charge is -2.28. The van der Waals surface area contributed by atoms with Crippen molar-refractivity contribution in [3.05, 3.63) is 217 Å². The average molecular weight is 722 g/mol. The minimum atomic E-state index is 0.108. The number of nitrogens with zero attached hydrogens (tertiary/aromatic N) is 3. The second-order valence-corrected chi connectivity index (χ2v) is 13.9. The van der Waals surface area contributed by atoms with Gasteiger partial charge >= 0.3 is 0 Å². The molecule has 0 unspecified atom stereocenters. The van der Waals surface area contributed by atoms with Gasteiger partial charge in [-0.15, -0.1) is 0 Å². The van der Waals surface area contributed by atoms with Crippen LogP contribution in [0.3, 0.4) is 0 Å². The lowest BCUT2D eigenvalue weighted by atomic mass is 9.94. The molecule has 5 heteroatoms. The Morgan fingerprint density at radius 2 is 1.07 bits per heavy atom. The topological polar surface area (TPSA) is 70.4 Å². The van der Waals surface area contributed by atoms with Crippen molar-refractivity contribution in [2.45, 2.75) is 6.92 Å². The van der Waals surface area contributed by atoms with Gasteiger partial charge in [0, 0.05) is 44.4 Å². The molecule has 2 heterocycles. The van der Waals surface area contributed by atoms with Crippen LogP contribution in [0.2, 0.25) is 0 Å². The number of aryl methyl sites for hydroxylation is 1. The maximum Gasteiger partial charge on any atom is 0.154 e. The fraction of sp³-hybridized carbons (Fsp3) is 0.0196. The Labute approximate surface area is 326 Å². The van der Waals surface area contributed by atoms with E-state index in [1.807, 2.05) is 66.7 Å². The van der Waals surface area contributed by atoms with E-state index in [0.717, 1.165) is 55.7 Å². The molecule has 0 aliphatic carbocycles. The largest absolute Gasteiger partial charge is 0.383 e. The molecule has 8 aromatic carbocycles. The fourth-order valence-electron chi connectivity index (χ4n) is 7.75. The predicted octanol–water partition coefficient (Wildman–Crippen LogP) is 12.6. The molecule has 0 atom stereocenters. The summed E-state index contributed by atoms with van der Waals surface area (Å²) < 4.78 is 2.34. The van der Waals surface area contributed by atoms with Gasteiger partial charge in [-0.2, -0.15) is 0 Å². The number of aliphatic imine (C=N–C) groups is 1. The molecule has 0 saturated carbocycles. The van der Waals surface area contributed by atoms with Gasteiger partial charge in [0.15, 0.2) is 5.84 Å². The van der Waals surface area contributed by atoms with E-state index in [4.69, 9.17) is 11.1 Å². The van der Waals surface area contributed by atoms with Crippen molar-refractivity contribution in [1.29, 1.82) is 5.41 Å². The molecule has 1 aliphatic rings. The average Bonchev–Trinajstić information content (AvgIpc) is 3.53. The molecule has 0 saturated heterocycles. The summed E-state index contributed by atoms with van der Waals surface area (Å²) in [6.45, 7) is 2.08. The number of amidine groups is 2. The van der Waals surface area contributed by atoms with E-state index in [2.05, 4.69) is 155 Å². The van der Waals surface area contributed by atoms with E-state index in [1.165, 1.54) is 22.3 Å². The summed E-state index contributed by atoms with van der Waals surface area (Å²) >= 11 is 0. The third-order valence-electron chi connectivity index (χ3n) is 10.3. The van der Waals surface area contributed by atoms with Crippen molar-refractivity contribution in [2.24, 2.45) is 10.7 Å². The number of rotatable bonds is 4. The van der Waals surface area contributed by atoms with E-state index in [1.54, 1.807) is 0 Å². The summed E-state index contributed by atoms with van der Waals surface area (Å²) in [6.07, 6.45) is 0. The van der Waals surface area contributed by atoms with Crippen LogP contribution < -0.4 is 10.6 Å². The van der Waals surface area contributed by atoms with Crippen LogP contribution in [0.15, 0.2) is 205 Å². The maximum absolute atomic E-state index is 8.96. The number of hydrogen-bond acceptors (Lipinski definition) is 2. The van der Waals surface area contributed by atoms with Crippen LogP contribution in [-0.2, 0) is 0 Å². The Bertz CT molecular complexity index is 2890. The third kappa shape index (κ3) is 6.21. The molecule has 9 aromatic rings. The molecule has 0 amide bonds. The highest BCUT2D eigenvalue weighted by Gasteiger charge is 2.30. The van der Waals surface area contributed by atoms with E-state index in [9.17, 15) is 0 Å². The molecule has 0 radical (unpaired) electrons. The molecule has 1 aliphatic heterocycles. The summed E-state index contributed by atoms with van der Waals surface area (Å²) in [4.78, 5) is 6.92. The standard InChI is InChI=1S/C44H31N5.C7H8/c45-43(29-14-3-1-4-15-29)47-44(46)30-16-13-19-32(28-30)49-40-25-12-10-23-36(40)38-27-26-37-34-21-8-7-20-33(34)35-22-9-11-24-39(35)48(41(37)42(38)49)31-17-5-2-6-18-31;1-7-5-3-2-4-6-7/h1-28H,(H3,45,46,47);2-6H,1H3. The van der Waals surface area contributed by atoms with E-state index in [-0.39, 0.29) is 5.84 Å². The second-order valence-electron chi connectivity index (χ2n) is 13.9. The zero-order valence-corrected chi connectivity index (χ0v) is 31.0. The Morgan fingerprint density at radius 3 is 1.79 bits per heavy atom. The molecule has 268 valence electrons. The van der Waals surface area contributed by atoms with Crippen LogP contribution >= 0.6 is 0 Å². The van der Waals surface area contributed by atoms with Gasteiger partial charge in [0.1, 0.15) is 5.84 Å². The zero-order valence-electron chi connectivity index (χ0n) is 31.0. The smallest absolute Gasteiger partial charge is 0.154 e. The lowest BCUT2D eigenvalue weighted by molar-refractivity contribution is 1.16. The minimum absolute atomic E-state index is 0.108. The summed E-state index contributed by atoms with van der Waals surface area (Å²) in [5.41, 5.74) is 20.3. The summed E-state index contributed by atoms with van der Waals surface area (Å²) in [6, 6.07) is 69.0. The van der Waals surface area contributed by atoms with Crippen molar-refractivity contribution in [2.75, 3.05) is 4.90 Å². The highest BCUT2D eigenvalue weighted by Crippen LogP contribution is 2.54. The molecule has 56 heavy (non-hydrogen) atoms.